The molecule has 1 amide bonds. The number of halogens is 1. The Bertz CT molecular complexity index is 1070. The number of amides is 1. The van der Waals surface area contributed by atoms with Crippen molar-refractivity contribution in [3.63, 3.8) is 0 Å². The molecule has 5 rings (SSSR count). The van der Waals surface area contributed by atoms with Gasteiger partial charge in [-0.2, -0.15) is 11.3 Å². The number of hydrogen-bond donors (Lipinski definition) is 2. The quantitative estimate of drug-likeness (QED) is 0.624. The Hall–Kier alpha value is -3.08. The summed E-state index contributed by atoms with van der Waals surface area (Å²) in [5.41, 5.74) is 1.95. The molecule has 0 unspecified atom stereocenters. The van der Waals surface area contributed by atoms with E-state index in [1.54, 1.807) is 30.5 Å². The minimum absolute atomic E-state index is 0.207. The van der Waals surface area contributed by atoms with Crippen LogP contribution in [-0.2, 0) is 14.2 Å². The van der Waals surface area contributed by atoms with E-state index in [2.05, 4.69) is 20.6 Å². The molecule has 1 aromatic carbocycles. The fourth-order valence-corrected chi connectivity index (χ4v) is 4.30. The summed E-state index contributed by atoms with van der Waals surface area (Å²) in [7, 11) is 0. The maximum Gasteiger partial charge on any atom is 0.412 e. The Morgan fingerprint density at radius 3 is 2.94 bits per heavy atom. The lowest BCUT2D eigenvalue weighted by Crippen LogP contribution is -2.38. The van der Waals surface area contributed by atoms with Crippen LogP contribution in [0, 0.1) is 5.82 Å². The van der Waals surface area contributed by atoms with Crippen LogP contribution in [0.5, 0.6) is 0 Å². The minimum atomic E-state index is -0.543. The van der Waals surface area contributed by atoms with Gasteiger partial charge in [-0.15, -0.1) is 0 Å². The number of fused-ring (bicyclic) bond motifs is 1. The Kier molecular flexibility index (Phi) is 5.49. The SMILES string of the molecule is O=C(Nc1ccsc1)O[C@@H]1CO[C@H]2[C@@H]1OC[C@@H]2Nc1nccc(-c2cccc(F)c2)n1. The van der Waals surface area contributed by atoms with E-state index >= 15 is 0 Å². The highest BCUT2D eigenvalue weighted by atomic mass is 32.1. The van der Waals surface area contributed by atoms with Crippen molar-refractivity contribution < 1.29 is 23.4 Å². The van der Waals surface area contributed by atoms with Crippen molar-refractivity contribution in [1.29, 1.82) is 0 Å². The summed E-state index contributed by atoms with van der Waals surface area (Å²) in [4.78, 5) is 20.9. The summed E-state index contributed by atoms with van der Waals surface area (Å²) < 4.78 is 30.7. The van der Waals surface area contributed by atoms with E-state index in [0.29, 0.717) is 29.5 Å². The van der Waals surface area contributed by atoms with Gasteiger partial charge in [-0.05, 0) is 29.6 Å². The maximum atomic E-state index is 13.5. The average Bonchev–Trinajstić information content (AvgIpc) is 3.49. The molecule has 2 fully saturated rings. The molecule has 0 saturated carbocycles. The van der Waals surface area contributed by atoms with Crippen LogP contribution in [0.15, 0.2) is 53.4 Å². The number of anilines is 2. The van der Waals surface area contributed by atoms with Gasteiger partial charge in [0, 0.05) is 17.1 Å². The number of thiophene rings is 1. The smallest absolute Gasteiger partial charge is 0.412 e. The zero-order valence-corrected chi connectivity index (χ0v) is 17.0. The van der Waals surface area contributed by atoms with Crippen molar-refractivity contribution in [3.05, 3.63) is 59.2 Å². The molecule has 3 aromatic rings. The van der Waals surface area contributed by atoms with E-state index in [1.165, 1.54) is 23.5 Å². The fourth-order valence-electron chi connectivity index (χ4n) is 3.71. The van der Waals surface area contributed by atoms with E-state index in [1.807, 2.05) is 10.8 Å². The van der Waals surface area contributed by atoms with Gasteiger partial charge in [-0.1, -0.05) is 12.1 Å². The molecular formula is C21H19FN4O4S. The minimum Gasteiger partial charge on any atom is -0.441 e. The van der Waals surface area contributed by atoms with E-state index < -0.39 is 12.2 Å². The second-order valence-electron chi connectivity index (χ2n) is 7.20. The first-order valence-corrected chi connectivity index (χ1v) is 10.7. The fraction of sp³-hybridized carbons (Fsp3) is 0.286. The summed E-state index contributed by atoms with van der Waals surface area (Å²) in [5.74, 6) is 0.0604. The Balaban J connectivity index is 1.22. The standard InChI is InChI=1S/C21H19FN4O4S/c22-13-3-1-2-12(8-13)15-4-6-23-20(25-15)26-16-9-28-19-17(10-29-18(16)19)30-21(27)24-14-5-7-31-11-14/h1-8,11,16-19H,9-10H2,(H,24,27)(H,23,25,26)/t16-,17+,18+,19+/m0/s1. The number of nitrogens with one attached hydrogen (secondary N) is 2. The van der Waals surface area contributed by atoms with Gasteiger partial charge in [0.2, 0.25) is 5.95 Å². The molecule has 0 bridgehead atoms. The first-order valence-electron chi connectivity index (χ1n) is 9.74. The third-order valence-corrected chi connectivity index (χ3v) is 5.81. The van der Waals surface area contributed by atoms with E-state index in [-0.39, 0.29) is 30.7 Å². The molecular weight excluding hydrogens is 423 g/mol. The van der Waals surface area contributed by atoms with Crippen molar-refractivity contribution >= 4 is 29.1 Å². The Morgan fingerprint density at radius 1 is 1.19 bits per heavy atom. The van der Waals surface area contributed by atoms with Crippen LogP contribution in [0.2, 0.25) is 0 Å². The third kappa shape index (κ3) is 4.36. The molecule has 0 radical (unpaired) electrons. The highest BCUT2D eigenvalue weighted by molar-refractivity contribution is 7.08. The van der Waals surface area contributed by atoms with Gasteiger partial charge in [0.15, 0.2) is 6.10 Å². The molecule has 2 aliphatic rings. The van der Waals surface area contributed by atoms with Crippen molar-refractivity contribution in [2.75, 3.05) is 23.8 Å². The topological polar surface area (TPSA) is 94.6 Å². The summed E-state index contributed by atoms with van der Waals surface area (Å²) in [6.07, 6.45) is -0.120. The van der Waals surface area contributed by atoms with Crippen molar-refractivity contribution in [1.82, 2.24) is 9.97 Å². The van der Waals surface area contributed by atoms with Crippen LogP contribution in [0.25, 0.3) is 11.3 Å². The van der Waals surface area contributed by atoms with Crippen molar-refractivity contribution in [2.45, 2.75) is 24.4 Å². The summed E-state index contributed by atoms with van der Waals surface area (Å²) >= 11 is 1.48. The second-order valence-corrected chi connectivity index (χ2v) is 7.98. The zero-order valence-electron chi connectivity index (χ0n) is 16.2. The zero-order chi connectivity index (χ0) is 21.2. The van der Waals surface area contributed by atoms with Crippen LogP contribution in [0.3, 0.4) is 0 Å². The molecule has 2 aromatic heterocycles. The molecule has 160 valence electrons. The van der Waals surface area contributed by atoms with Gasteiger partial charge in [0.05, 0.1) is 30.6 Å². The number of aromatic nitrogens is 2. The highest BCUT2D eigenvalue weighted by Gasteiger charge is 2.49. The van der Waals surface area contributed by atoms with Crippen LogP contribution in [-0.4, -0.2) is 53.6 Å². The first-order chi connectivity index (χ1) is 15.2. The molecule has 4 heterocycles. The van der Waals surface area contributed by atoms with Crippen molar-refractivity contribution in [2.24, 2.45) is 0 Å². The maximum absolute atomic E-state index is 13.5. The van der Waals surface area contributed by atoms with Gasteiger partial charge in [0.25, 0.3) is 0 Å². The molecule has 10 heteroatoms. The largest absolute Gasteiger partial charge is 0.441 e. The molecule has 4 atom stereocenters. The number of hydrogen-bond acceptors (Lipinski definition) is 8. The molecule has 2 aliphatic heterocycles. The summed E-state index contributed by atoms with van der Waals surface area (Å²) in [5, 5.41) is 9.59. The van der Waals surface area contributed by atoms with Gasteiger partial charge in [-0.3, -0.25) is 5.32 Å². The molecule has 2 saturated heterocycles. The van der Waals surface area contributed by atoms with Gasteiger partial charge in [-0.25, -0.2) is 19.2 Å². The third-order valence-electron chi connectivity index (χ3n) is 5.12. The van der Waals surface area contributed by atoms with E-state index in [0.717, 1.165) is 0 Å². The number of ether oxygens (including phenoxy) is 3. The number of benzene rings is 1. The average molecular weight is 442 g/mol. The normalized spacial score (nSPS) is 24.5. The van der Waals surface area contributed by atoms with Crippen LogP contribution in [0.4, 0.5) is 20.8 Å². The van der Waals surface area contributed by atoms with E-state index in [9.17, 15) is 9.18 Å². The van der Waals surface area contributed by atoms with Gasteiger partial charge >= 0.3 is 6.09 Å². The molecule has 0 aliphatic carbocycles. The van der Waals surface area contributed by atoms with Crippen molar-refractivity contribution in [3.8, 4) is 11.3 Å². The Morgan fingerprint density at radius 2 is 2.10 bits per heavy atom. The second kappa shape index (κ2) is 8.58. The number of rotatable bonds is 5. The van der Waals surface area contributed by atoms with Crippen LogP contribution in [0.1, 0.15) is 0 Å². The van der Waals surface area contributed by atoms with Gasteiger partial charge < -0.3 is 19.5 Å². The monoisotopic (exact) mass is 442 g/mol. The first kappa shape index (κ1) is 19.9. The van der Waals surface area contributed by atoms with Gasteiger partial charge in [0.1, 0.15) is 18.0 Å². The summed E-state index contributed by atoms with van der Waals surface area (Å²) in [6, 6.07) is 9.53. The Labute approximate surface area is 181 Å². The van der Waals surface area contributed by atoms with Crippen LogP contribution >= 0.6 is 11.3 Å². The highest BCUT2D eigenvalue weighted by Crippen LogP contribution is 2.31. The molecule has 31 heavy (non-hydrogen) atoms. The molecule has 8 nitrogen and oxygen atoms in total. The van der Waals surface area contributed by atoms with E-state index in [4.69, 9.17) is 14.2 Å². The lowest BCUT2D eigenvalue weighted by molar-refractivity contribution is 0.00917. The van der Waals surface area contributed by atoms with Crippen LogP contribution < -0.4 is 10.6 Å². The number of carbonyl (C=O) groups is 1. The number of nitrogens with zero attached hydrogens (tertiary/aromatic N) is 2. The molecule has 2 N–H and O–H groups in total. The lowest BCUT2D eigenvalue weighted by atomic mass is 10.1. The predicted octanol–water partition coefficient (Wildman–Crippen LogP) is 3.54. The number of carbonyl (C=O) groups excluding carboxylic acids is 1. The molecule has 0 spiro atoms. The predicted molar refractivity (Wildman–Crippen MR) is 113 cm³/mol. The summed E-state index contributed by atoms with van der Waals surface area (Å²) in [6.45, 7) is 0.601. The lowest BCUT2D eigenvalue weighted by Gasteiger charge is -2.18.